The van der Waals surface area contributed by atoms with Gasteiger partial charge in [0.1, 0.15) is 6.04 Å². The number of hydrogen-bond donors (Lipinski definition) is 2. The summed E-state index contributed by atoms with van der Waals surface area (Å²) in [6, 6.07) is -0.838. The third kappa shape index (κ3) is 6.01. The quantitative estimate of drug-likeness (QED) is 0.515. The van der Waals surface area contributed by atoms with Crippen LogP contribution < -0.4 is 11.1 Å². The molecule has 1 aliphatic heterocycles. The lowest BCUT2D eigenvalue weighted by molar-refractivity contribution is -0.141. The maximum Gasteiger partial charge on any atom is 0.252 e. The Morgan fingerprint density at radius 1 is 1.29 bits per heavy atom. The van der Waals surface area contributed by atoms with E-state index in [-0.39, 0.29) is 42.6 Å². The van der Waals surface area contributed by atoms with Crippen molar-refractivity contribution in [2.45, 2.75) is 64.5 Å². The van der Waals surface area contributed by atoms with Crippen molar-refractivity contribution in [2.75, 3.05) is 6.54 Å². The van der Waals surface area contributed by atoms with Crippen LogP contribution in [0.4, 0.5) is 0 Å². The van der Waals surface area contributed by atoms with Crippen molar-refractivity contribution >= 4 is 30.1 Å². The summed E-state index contributed by atoms with van der Waals surface area (Å²) in [6.45, 7) is 4.25. The number of amides is 3. The summed E-state index contributed by atoms with van der Waals surface area (Å²) < 4.78 is 0. The van der Waals surface area contributed by atoms with Crippen LogP contribution >= 0.6 is 12.4 Å². The lowest BCUT2D eigenvalue weighted by atomic mass is 10.1. The van der Waals surface area contributed by atoms with Crippen LogP contribution in [0.5, 0.6) is 0 Å². The van der Waals surface area contributed by atoms with Gasteiger partial charge < -0.3 is 11.1 Å². The summed E-state index contributed by atoms with van der Waals surface area (Å²) in [6.07, 6.45) is 4.21. The van der Waals surface area contributed by atoms with Crippen LogP contribution in [0.25, 0.3) is 0 Å². The van der Waals surface area contributed by atoms with E-state index in [1.54, 1.807) is 13.8 Å². The van der Waals surface area contributed by atoms with Gasteiger partial charge in [-0.3, -0.25) is 19.3 Å². The van der Waals surface area contributed by atoms with Crippen LogP contribution in [0.15, 0.2) is 0 Å². The number of nitrogens with zero attached hydrogens (tertiary/aromatic N) is 1. The largest absolute Gasteiger partial charge is 0.344 e. The molecule has 1 aliphatic rings. The summed E-state index contributed by atoms with van der Waals surface area (Å²) in [4.78, 5) is 36.6. The minimum atomic E-state index is -0.679. The third-order valence-electron chi connectivity index (χ3n) is 3.39. The van der Waals surface area contributed by atoms with E-state index in [2.05, 4.69) is 5.32 Å². The van der Waals surface area contributed by atoms with E-state index in [0.29, 0.717) is 13.0 Å². The number of nitrogens with two attached hydrogens (primary N) is 1. The first-order chi connectivity index (χ1) is 9.47. The predicted molar refractivity (Wildman–Crippen MR) is 82.9 cm³/mol. The normalized spacial score (nSPS) is 18.1. The van der Waals surface area contributed by atoms with Crippen LogP contribution in [-0.2, 0) is 14.4 Å². The molecule has 3 amide bonds. The Morgan fingerprint density at radius 3 is 2.43 bits per heavy atom. The Kier molecular flexibility index (Phi) is 9.21. The lowest BCUT2D eigenvalue weighted by Crippen LogP contribution is -2.43. The highest BCUT2D eigenvalue weighted by Gasteiger charge is 2.40. The molecule has 0 saturated carbocycles. The Labute approximate surface area is 132 Å². The van der Waals surface area contributed by atoms with E-state index < -0.39 is 6.04 Å². The van der Waals surface area contributed by atoms with Crippen molar-refractivity contribution in [3.05, 3.63) is 0 Å². The summed E-state index contributed by atoms with van der Waals surface area (Å²) in [5.74, 6) is -0.658. The van der Waals surface area contributed by atoms with Gasteiger partial charge in [0.25, 0.3) is 5.91 Å². The van der Waals surface area contributed by atoms with Crippen molar-refractivity contribution in [1.82, 2.24) is 10.2 Å². The Bertz CT molecular complexity index is 374. The van der Waals surface area contributed by atoms with E-state index in [0.717, 1.165) is 25.7 Å². The highest BCUT2D eigenvalue weighted by atomic mass is 35.5. The zero-order chi connectivity index (χ0) is 15.1. The lowest BCUT2D eigenvalue weighted by Gasteiger charge is -2.19. The number of likely N-dealkylation sites (tertiary alicyclic amines) is 1. The maximum atomic E-state index is 12.0. The first-order valence-corrected chi connectivity index (χ1v) is 7.32. The third-order valence-corrected chi connectivity index (χ3v) is 3.39. The van der Waals surface area contributed by atoms with Crippen LogP contribution in [0, 0.1) is 0 Å². The van der Waals surface area contributed by atoms with Crippen molar-refractivity contribution in [3.63, 3.8) is 0 Å². The summed E-state index contributed by atoms with van der Waals surface area (Å²) in [5.41, 5.74) is 5.39. The van der Waals surface area contributed by atoms with Crippen molar-refractivity contribution in [2.24, 2.45) is 5.73 Å². The fourth-order valence-electron chi connectivity index (χ4n) is 2.36. The molecule has 1 atom stereocenters. The highest BCUT2D eigenvalue weighted by molar-refractivity contribution is 6.07. The first-order valence-electron chi connectivity index (χ1n) is 7.32. The van der Waals surface area contributed by atoms with E-state index in [9.17, 15) is 14.4 Å². The number of hydrogen-bond acceptors (Lipinski definition) is 4. The Morgan fingerprint density at radius 2 is 1.90 bits per heavy atom. The zero-order valence-electron chi connectivity index (χ0n) is 12.8. The number of rotatable bonds is 8. The molecule has 6 nitrogen and oxygen atoms in total. The zero-order valence-corrected chi connectivity index (χ0v) is 13.6. The van der Waals surface area contributed by atoms with Gasteiger partial charge in [-0.05, 0) is 33.2 Å². The molecule has 1 rings (SSSR count). The van der Waals surface area contributed by atoms with Gasteiger partial charge in [0.2, 0.25) is 11.8 Å². The van der Waals surface area contributed by atoms with E-state index >= 15 is 0 Å². The molecule has 21 heavy (non-hydrogen) atoms. The van der Waals surface area contributed by atoms with Crippen LogP contribution in [-0.4, -0.2) is 41.2 Å². The minimum absolute atomic E-state index is 0. The molecule has 0 bridgehead atoms. The number of carbonyl (C=O) groups is 3. The van der Waals surface area contributed by atoms with Gasteiger partial charge >= 0.3 is 0 Å². The number of halogens is 1. The Hall–Kier alpha value is -1.14. The SMILES string of the molecule is CC(C)N1C(=O)CC(NC(=O)CCCCCCN)C1=O.Cl. The smallest absolute Gasteiger partial charge is 0.252 e. The molecule has 3 N–H and O–H groups in total. The number of nitrogens with one attached hydrogen (secondary N) is 1. The minimum Gasteiger partial charge on any atom is -0.344 e. The van der Waals surface area contributed by atoms with Crippen molar-refractivity contribution in [1.29, 1.82) is 0 Å². The average molecular weight is 320 g/mol. The molecule has 0 aromatic heterocycles. The molecule has 0 aliphatic carbocycles. The molecule has 122 valence electrons. The summed E-state index contributed by atoms with van der Waals surface area (Å²) in [5, 5.41) is 2.66. The van der Waals surface area contributed by atoms with Gasteiger partial charge in [0.15, 0.2) is 0 Å². The summed E-state index contributed by atoms with van der Waals surface area (Å²) in [7, 11) is 0. The van der Waals surface area contributed by atoms with Crippen molar-refractivity contribution < 1.29 is 14.4 Å². The number of carbonyl (C=O) groups excluding carboxylic acids is 3. The van der Waals surface area contributed by atoms with Gasteiger partial charge in [-0.15, -0.1) is 12.4 Å². The monoisotopic (exact) mass is 319 g/mol. The van der Waals surface area contributed by atoms with Crippen molar-refractivity contribution in [3.8, 4) is 0 Å². The molecular weight excluding hydrogens is 294 g/mol. The highest BCUT2D eigenvalue weighted by Crippen LogP contribution is 2.16. The molecule has 1 fully saturated rings. The Balaban J connectivity index is 0.00000400. The molecule has 0 spiro atoms. The average Bonchev–Trinajstić information content (AvgIpc) is 2.64. The van der Waals surface area contributed by atoms with Crippen LogP contribution in [0.3, 0.4) is 0 Å². The second-order valence-corrected chi connectivity index (χ2v) is 5.47. The standard InChI is InChI=1S/C14H25N3O3.ClH/c1-10(2)17-13(19)9-11(14(17)20)16-12(18)7-5-3-4-6-8-15;/h10-11H,3-9,15H2,1-2H3,(H,16,18);1H. The van der Waals surface area contributed by atoms with E-state index in [4.69, 9.17) is 5.73 Å². The van der Waals surface area contributed by atoms with Crippen LogP contribution in [0.1, 0.15) is 52.4 Å². The van der Waals surface area contributed by atoms with Gasteiger partial charge in [0.05, 0.1) is 6.42 Å². The van der Waals surface area contributed by atoms with Gasteiger partial charge in [0, 0.05) is 12.5 Å². The number of imide groups is 1. The predicted octanol–water partition coefficient (Wildman–Crippen LogP) is 0.970. The fraction of sp³-hybridized carbons (Fsp3) is 0.786. The maximum absolute atomic E-state index is 12.0. The second-order valence-electron chi connectivity index (χ2n) is 5.47. The molecule has 1 heterocycles. The summed E-state index contributed by atoms with van der Waals surface area (Å²) >= 11 is 0. The van der Waals surface area contributed by atoms with Gasteiger partial charge in [-0.1, -0.05) is 12.8 Å². The molecule has 7 heteroatoms. The number of unbranched alkanes of at least 4 members (excludes halogenated alkanes) is 3. The first kappa shape index (κ1) is 19.9. The molecule has 1 saturated heterocycles. The van der Waals surface area contributed by atoms with Gasteiger partial charge in [-0.2, -0.15) is 0 Å². The van der Waals surface area contributed by atoms with Gasteiger partial charge in [-0.25, -0.2) is 0 Å². The molecule has 1 unspecified atom stereocenters. The second kappa shape index (κ2) is 9.73. The fourth-order valence-corrected chi connectivity index (χ4v) is 2.36. The molecular formula is C14H26ClN3O3. The topological polar surface area (TPSA) is 92.5 Å². The van der Waals surface area contributed by atoms with E-state index in [1.165, 1.54) is 4.90 Å². The molecule has 0 aromatic rings. The van der Waals surface area contributed by atoms with E-state index in [1.807, 2.05) is 0 Å². The van der Waals surface area contributed by atoms with Crippen LogP contribution in [0.2, 0.25) is 0 Å². The molecule has 0 radical (unpaired) electrons. The molecule has 0 aromatic carbocycles.